The number of urea groups is 1. The standard InChI is InChI=1S/C19H22N4O4/c1-21-15(12-4-7-22(8-5-12)19(26)27)10-13-2-3-14(11-16(13)21)23-9-6-17(24)20-18(23)25/h2-3,10-12H,4-9H2,1H3,(H,26,27)(H,20,24,25). The maximum absolute atomic E-state index is 12.1. The lowest BCUT2D eigenvalue weighted by molar-refractivity contribution is -0.120. The Kier molecular flexibility index (Phi) is 4.25. The number of aromatic nitrogens is 1. The van der Waals surface area contributed by atoms with Crippen molar-refractivity contribution in [2.75, 3.05) is 24.5 Å². The first kappa shape index (κ1) is 17.4. The molecule has 1 aromatic heterocycles. The van der Waals surface area contributed by atoms with Gasteiger partial charge in [0.15, 0.2) is 0 Å². The number of hydrogen-bond donors (Lipinski definition) is 2. The fourth-order valence-electron chi connectivity index (χ4n) is 4.08. The topological polar surface area (TPSA) is 94.9 Å². The van der Waals surface area contributed by atoms with Crippen molar-refractivity contribution in [1.29, 1.82) is 0 Å². The van der Waals surface area contributed by atoms with Gasteiger partial charge in [-0.05, 0) is 31.0 Å². The average Bonchev–Trinajstić information content (AvgIpc) is 2.98. The SMILES string of the molecule is Cn1c(C2CCN(C(=O)O)CC2)cc2ccc(N3CCC(=O)NC3=O)cc21. The quantitative estimate of drug-likeness (QED) is 0.849. The van der Waals surface area contributed by atoms with E-state index in [2.05, 4.69) is 16.0 Å². The molecule has 2 fully saturated rings. The van der Waals surface area contributed by atoms with Crippen LogP contribution in [-0.2, 0) is 11.8 Å². The van der Waals surface area contributed by atoms with E-state index in [1.54, 1.807) is 4.90 Å². The molecule has 0 atom stereocenters. The van der Waals surface area contributed by atoms with Crippen LogP contribution in [0.15, 0.2) is 24.3 Å². The first-order valence-corrected chi connectivity index (χ1v) is 9.12. The Morgan fingerprint density at radius 2 is 1.89 bits per heavy atom. The summed E-state index contributed by atoms with van der Waals surface area (Å²) in [4.78, 5) is 37.6. The van der Waals surface area contributed by atoms with Crippen LogP contribution in [0.3, 0.4) is 0 Å². The average molecular weight is 370 g/mol. The number of imide groups is 1. The second-order valence-corrected chi connectivity index (χ2v) is 7.17. The molecule has 142 valence electrons. The van der Waals surface area contributed by atoms with E-state index in [1.165, 1.54) is 10.6 Å². The van der Waals surface area contributed by atoms with Gasteiger partial charge in [0.25, 0.3) is 0 Å². The zero-order valence-electron chi connectivity index (χ0n) is 15.1. The van der Waals surface area contributed by atoms with Crippen LogP contribution in [0.5, 0.6) is 0 Å². The molecule has 2 aliphatic heterocycles. The van der Waals surface area contributed by atoms with Crippen LogP contribution in [0.25, 0.3) is 10.9 Å². The van der Waals surface area contributed by atoms with E-state index in [9.17, 15) is 14.4 Å². The molecule has 0 bridgehead atoms. The Morgan fingerprint density at radius 1 is 1.15 bits per heavy atom. The number of fused-ring (bicyclic) bond motifs is 1. The molecule has 0 aliphatic carbocycles. The smallest absolute Gasteiger partial charge is 0.407 e. The molecule has 0 unspecified atom stereocenters. The molecule has 1 aromatic carbocycles. The van der Waals surface area contributed by atoms with E-state index in [0.29, 0.717) is 32.0 Å². The summed E-state index contributed by atoms with van der Waals surface area (Å²) >= 11 is 0. The molecular formula is C19H22N4O4. The number of carbonyl (C=O) groups excluding carboxylic acids is 2. The Morgan fingerprint density at radius 3 is 2.56 bits per heavy atom. The molecule has 2 aliphatic rings. The number of benzene rings is 1. The van der Waals surface area contributed by atoms with Crippen LogP contribution in [0.2, 0.25) is 0 Å². The zero-order chi connectivity index (χ0) is 19.1. The third-order valence-corrected chi connectivity index (χ3v) is 5.62. The van der Waals surface area contributed by atoms with Crippen molar-refractivity contribution in [2.24, 2.45) is 7.05 Å². The van der Waals surface area contributed by atoms with Crippen molar-refractivity contribution in [1.82, 2.24) is 14.8 Å². The Bertz CT molecular complexity index is 927. The van der Waals surface area contributed by atoms with Crippen LogP contribution in [0.4, 0.5) is 15.3 Å². The van der Waals surface area contributed by atoms with E-state index in [0.717, 1.165) is 29.4 Å². The van der Waals surface area contributed by atoms with Crippen molar-refractivity contribution in [3.8, 4) is 0 Å². The van der Waals surface area contributed by atoms with E-state index in [1.807, 2.05) is 25.2 Å². The second-order valence-electron chi connectivity index (χ2n) is 7.17. The molecule has 8 nitrogen and oxygen atoms in total. The van der Waals surface area contributed by atoms with Gasteiger partial charge in [0.1, 0.15) is 0 Å². The first-order chi connectivity index (χ1) is 12.9. The van der Waals surface area contributed by atoms with Gasteiger partial charge in [-0.3, -0.25) is 15.0 Å². The summed E-state index contributed by atoms with van der Waals surface area (Å²) in [6, 6.07) is 7.63. The molecule has 27 heavy (non-hydrogen) atoms. The molecule has 0 saturated carbocycles. The highest BCUT2D eigenvalue weighted by Gasteiger charge is 2.27. The van der Waals surface area contributed by atoms with Crippen LogP contribution in [0.1, 0.15) is 30.9 Å². The summed E-state index contributed by atoms with van der Waals surface area (Å²) in [5.74, 6) is 0.0727. The van der Waals surface area contributed by atoms with E-state index < -0.39 is 6.09 Å². The summed E-state index contributed by atoms with van der Waals surface area (Å²) in [6.45, 7) is 1.48. The number of aryl methyl sites for hydroxylation is 1. The molecular weight excluding hydrogens is 348 g/mol. The number of nitrogens with one attached hydrogen (secondary N) is 1. The van der Waals surface area contributed by atoms with Crippen LogP contribution in [-0.4, -0.2) is 52.2 Å². The fraction of sp³-hybridized carbons (Fsp3) is 0.421. The number of carbonyl (C=O) groups is 3. The van der Waals surface area contributed by atoms with Gasteiger partial charge in [-0.1, -0.05) is 6.07 Å². The van der Waals surface area contributed by atoms with Crippen molar-refractivity contribution < 1.29 is 19.5 Å². The number of piperidine rings is 1. The monoisotopic (exact) mass is 370 g/mol. The molecule has 2 N–H and O–H groups in total. The Labute approximate surface area is 156 Å². The van der Waals surface area contributed by atoms with E-state index in [4.69, 9.17) is 5.11 Å². The van der Waals surface area contributed by atoms with Crippen molar-refractivity contribution in [3.05, 3.63) is 30.0 Å². The van der Waals surface area contributed by atoms with Gasteiger partial charge in [0, 0.05) is 55.8 Å². The second kappa shape index (κ2) is 6.61. The Balaban J connectivity index is 1.60. The normalized spacial score (nSPS) is 18.9. The number of hydrogen-bond acceptors (Lipinski definition) is 3. The molecule has 4 amide bonds. The number of amides is 4. The molecule has 2 aromatic rings. The fourth-order valence-corrected chi connectivity index (χ4v) is 4.08. The maximum Gasteiger partial charge on any atom is 0.407 e. The summed E-state index contributed by atoms with van der Waals surface area (Å²) in [7, 11) is 2.00. The van der Waals surface area contributed by atoms with Gasteiger partial charge < -0.3 is 14.6 Å². The molecule has 4 rings (SSSR count). The minimum absolute atomic E-state index is 0.244. The Hall–Kier alpha value is -3.03. The highest BCUT2D eigenvalue weighted by molar-refractivity contribution is 6.06. The number of anilines is 1. The summed E-state index contributed by atoms with van der Waals surface area (Å²) in [5.41, 5.74) is 2.97. The predicted octanol–water partition coefficient (Wildman–Crippen LogP) is 2.48. The van der Waals surface area contributed by atoms with Crippen molar-refractivity contribution >= 4 is 34.6 Å². The number of likely N-dealkylation sites (tertiary alicyclic amines) is 1. The number of rotatable bonds is 2. The van der Waals surface area contributed by atoms with Crippen molar-refractivity contribution in [3.63, 3.8) is 0 Å². The highest BCUT2D eigenvalue weighted by Crippen LogP contribution is 2.33. The molecule has 3 heterocycles. The van der Waals surface area contributed by atoms with Crippen LogP contribution >= 0.6 is 0 Å². The third kappa shape index (κ3) is 3.11. The zero-order valence-corrected chi connectivity index (χ0v) is 15.1. The highest BCUT2D eigenvalue weighted by atomic mass is 16.4. The van der Waals surface area contributed by atoms with Crippen LogP contribution < -0.4 is 10.2 Å². The molecule has 0 radical (unpaired) electrons. The lowest BCUT2D eigenvalue weighted by Gasteiger charge is -2.30. The molecule has 2 saturated heterocycles. The minimum atomic E-state index is -0.853. The summed E-state index contributed by atoms with van der Waals surface area (Å²) < 4.78 is 2.13. The maximum atomic E-state index is 12.1. The van der Waals surface area contributed by atoms with Gasteiger partial charge in [-0.15, -0.1) is 0 Å². The predicted molar refractivity (Wildman–Crippen MR) is 100.0 cm³/mol. The van der Waals surface area contributed by atoms with Gasteiger partial charge >= 0.3 is 12.1 Å². The van der Waals surface area contributed by atoms with E-state index >= 15 is 0 Å². The summed E-state index contributed by atoms with van der Waals surface area (Å²) in [5, 5.41) is 12.6. The summed E-state index contributed by atoms with van der Waals surface area (Å²) in [6.07, 6.45) is 1.05. The lowest BCUT2D eigenvalue weighted by Crippen LogP contribution is -2.49. The molecule has 0 spiro atoms. The van der Waals surface area contributed by atoms with E-state index in [-0.39, 0.29) is 11.9 Å². The largest absolute Gasteiger partial charge is 0.465 e. The minimum Gasteiger partial charge on any atom is -0.465 e. The van der Waals surface area contributed by atoms with Crippen molar-refractivity contribution in [2.45, 2.75) is 25.2 Å². The van der Waals surface area contributed by atoms with Gasteiger partial charge in [-0.25, -0.2) is 9.59 Å². The van der Waals surface area contributed by atoms with Gasteiger partial charge in [0.05, 0.1) is 5.52 Å². The lowest BCUT2D eigenvalue weighted by atomic mass is 9.93. The van der Waals surface area contributed by atoms with Gasteiger partial charge in [0.2, 0.25) is 5.91 Å². The number of carboxylic acid groups (broad SMARTS) is 1. The van der Waals surface area contributed by atoms with Crippen LogP contribution in [0, 0.1) is 0 Å². The number of nitrogens with zero attached hydrogens (tertiary/aromatic N) is 3. The first-order valence-electron chi connectivity index (χ1n) is 9.12. The molecule has 8 heteroatoms. The van der Waals surface area contributed by atoms with Gasteiger partial charge in [-0.2, -0.15) is 0 Å². The third-order valence-electron chi connectivity index (χ3n) is 5.62.